The molecule has 60 valence electrons. The van der Waals surface area contributed by atoms with Crippen molar-refractivity contribution in [3.8, 4) is 0 Å². The number of aliphatic hydroxyl groups excluding tert-OH is 1. The summed E-state index contributed by atoms with van der Waals surface area (Å²) in [5, 5.41) is 9.01. The molecule has 0 spiro atoms. The lowest BCUT2D eigenvalue weighted by atomic mass is 10.4. The first-order valence-corrected chi connectivity index (χ1v) is 3.29. The van der Waals surface area contributed by atoms with Crippen LogP contribution in [0.25, 0.3) is 0 Å². The average Bonchev–Trinajstić information content (AvgIpc) is 1.97. The number of rotatable bonds is 6. The van der Waals surface area contributed by atoms with Gasteiger partial charge < -0.3 is 14.6 Å². The molecular formula is C7H14O3. The average molecular weight is 146 g/mol. The van der Waals surface area contributed by atoms with E-state index in [4.69, 9.17) is 14.6 Å². The van der Waals surface area contributed by atoms with E-state index in [9.17, 15) is 0 Å². The highest BCUT2D eigenvalue weighted by Crippen LogP contribution is 1.86. The standard InChI is InChI=1S/C7H14O3/c1-3-9-5-7(8)6-10-4-2/h3,7-8H,1,4-6H2,2H3. The molecule has 1 N–H and O–H groups in total. The Morgan fingerprint density at radius 3 is 2.80 bits per heavy atom. The van der Waals surface area contributed by atoms with Gasteiger partial charge in [-0.2, -0.15) is 0 Å². The third-order valence-electron chi connectivity index (χ3n) is 0.921. The maximum Gasteiger partial charge on any atom is 0.115 e. The van der Waals surface area contributed by atoms with Gasteiger partial charge in [0, 0.05) is 6.61 Å². The highest BCUT2D eigenvalue weighted by Gasteiger charge is 2.01. The molecular weight excluding hydrogens is 132 g/mol. The Hall–Kier alpha value is -0.540. The van der Waals surface area contributed by atoms with Gasteiger partial charge in [0.05, 0.1) is 12.9 Å². The Kier molecular flexibility index (Phi) is 6.22. The zero-order chi connectivity index (χ0) is 7.82. The van der Waals surface area contributed by atoms with E-state index in [1.807, 2.05) is 6.92 Å². The molecule has 0 fully saturated rings. The molecule has 0 rings (SSSR count). The van der Waals surface area contributed by atoms with Crippen LogP contribution in [0.3, 0.4) is 0 Å². The van der Waals surface area contributed by atoms with Crippen molar-refractivity contribution in [2.45, 2.75) is 13.0 Å². The summed E-state index contributed by atoms with van der Waals surface area (Å²) in [5.74, 6) is 0. The van der Waals surface area contributed by atoms with Gasteiger partial charge in [-0.25, -0.2) is 0 Å². The number of aliphatic hydroxyl groups is 1. The molecule has 1 unspecified atom stereocenters. The molecule has 0 aromatic heterocycles. The zero-order valence-corrected chi connectivity index (χ0v) is 6.25. The van der Waals surface area contributed by atoms with Gasteiger partial charge in [0.25, 0.3) is 0 Å². The van der Waals surface area contributed by atoms with Crippen LogP contribution in [0.5, 0.6) is 0 Å². The van der Waals surface area contributed by atoms with Crippen molar-refractivity contribution in [3.05, 3.63) is 12.8 Å². The molecule has 10 heavy (non-hydrogen) atoms. The molecule has 0 aliphatic carbocycles. The van der Waals surface area contributed by atoms with Crippen LogP contribution in [0, 0.1) is 0 Å². The van der Waals surface area contributed by atoms with E-state index < -0.39 is 6.10 Å². The second-order valence-corrected chi connectivity index (χ2v) is 1.81. The number of ether oxygens (including phenoxy) is 2. The minimum absolute atomic E-state index is 0.253. The quantitative estimate of drug-likeness (QED) is 0.556. The molecule has 0 heterocycles. The molecule has 0 amide bonds. The van der Waals surface area contributed by atoms with Crippen molar-refractivity contribution < 1.29 is 14.6 Å². The summed E-state index contributed by atoms with van der Waals surface area (Å²) in [6.07, 6.45) is 0.757. The van der Waals surface area contributed by atoms with Crippen molar-refractivity contribution in [1.29, 1.82) is 0 Å². The summed E-state index contributed by atoms with van der Waals surface area (Å²) in [5.41, 5.74) is 0. The van der Waals surface area contributed by atoms with E-state index in [0.717, 1.165) is 0 Å². The van der Waals surface area contributed by atoms with Gasteiger partial charge in [0.15, 0.2) is 0 Å². The fraction of sp³-hybridized carbons (Fsp3) is 0.714. The van der Waals surface area contributed by atoms with Gasteiger partial charge in [0.1, 0.15) is 12.7 Å². The molecule has 3 nitrogen and oxygen atoms in total. The summed E-state index contributed by atoms with van der Waals surface area (Å²) in [6, 6.07) is 0. The highest BCUT2D eigenvalue weighted by molar-refractivity contribution is 4.55. The Morgan fingerprint density at radius 1 is 1.60 bits per heavy atom. The van der Waals surface area contributed by atoms with E-state index in [2.05, 4.69) is 6.58 Å². The molecule has 0 bridgehead atoms. The zero-order valence-electron chi connectivity index (χ0n) is 6.25. The first kappa shape index (κ1) is 9.46. The molecule has 0 aromatic rings. The summed E-state index contributed by atoms with van der Waals surface area (Å²) in [7, 11) is 0. The summed E-state index contributed by atoms with van der Waals surface area (Å²) >= 11 is 0. The van der Waals surface area contributed by atoms with Crippen LogP contribution in [0.15, 0.2) is 12.8 Å². The topological polar surface area (TPSA) is 38.7 Å². The van der Waals surface area contributed by atoms with Crippen LogP contribution in [-0.4, -0.2) is 31.0 Å². The van der Waals surface area contributed by atoms with Crippen LogP contribution in [-0.2, 0) is 9.47 Å². The lowest BCUT2D eigenvalue weighted by Gasteiger charge is -2.08. The first-order chi connectivity index (χ1) is 4.81. The number of hydrogen-bond acceptors (Lipinski definition) is 3. The van der Waals surface area contributed by atoms with Crippen molar-refractivity contribution in [3.63, 3.8) is 0 Å². The highest BCUT2D eigenvalue weighted by atomic mass is 16.5. The summed E-state index contributed by atoms with van der Waals surface area (Å²) in [6.45, 7) is 6.41. The lowest BCUT2D eigenvalue weighted by Crippen LogP contribution is -2.20. The van der Waals surface area contributed by atoms with Gasteiger partial charge in [-0.05, 0) is 6.92 Å². The first-order valence-electron chi connectivity index (χ1n) is 3.29. The number of hydrogen-bond donors (Lipinski definition) is 1. The third-order valence-corrected chi connectivity index (χ3v) is 0.921. The van der Waals surface area contributed by atoms with Gasteiger partial charge in [0.2, 0.25) is 0 Å². The van der Waals surface area contributed by atoms with Crippen molar-refractivity contribution in [2.24, 2.45) is 0 Å². The van der Waals surface area contributed by atoms with E-state index in [1.54, 1.807) is 0 Å². The van der Waals surface area contributed by atoms with Gasteiger partial charge in [-0.3, -0.25) is 0 Å². The van der Waals surface area contributed by atoms with Crippen LogP contribution in [0.1, 0.15) is 6.92 Å². The molecule has 0 saturated carbocycles. The van der Waals surface area contributed by atoms with E-state index in [-0.39, 0.29) is 6.61 Å². The minimum atomic E-state index is -0.544. The van der Waals surface area contributed by atoms with Crippen molar-refractivity contribution >= 4 is 0 Å². The molecule has 0 aliphatic heterocycles. The predicted octanol–water partition coefficient (Wildman–Crippen LogP) is 0.544. The van der Waals surface area contributed by atoms with Crippen LogP contribution in [0.2, 0.25) is 0 Å². The lowest BCUT2D eigenvalue weighted by molar-refractivity contribution is 0.00638. The van der Waals surface area contributed by atoms with Gasteiger partial charge >= 0.3 is 0 Å². The summed E-state index contributed by atoms with van der Waals surface area (Å²) < 4.78 is 9.65. The SMILES string of the molecule is C=COCC(O)COCC. The molecule has 0 saturated heterocycles. The van der Waals surface area contributed by atoms with Crippen molar-refractivity contribution in [2.75, 3.05) is 19.8 Å². The maximum absolute atomic E-state index is 9.01. The molecule has 3 heteroatoms. The van der Waals surface area contributed by atoms with Crippen LogP contribution < -0.4 is 0 Å². The normalized spacial score (nSPS) is 12.6. The Bertz CT molecular complexity index is 82.9. The van der Waals surface area contributed by atoms with Gasteiger partial charge in [-0.1, -0.05) is 6.58 Å². The van der Waals surface area contributed by atoms with Gasteiger partial charge in [-0.15, -0.1) is 0 Å². The molecule has 1 atom stereocenters. The second-order valence-electron chi connectivity index (χ2n) is 1.81. The van der Waals surface area contributed by atoms with Crippen LogP contribution >= 0.6 is 0 Å². The largest absolute Gasteiger partial charge is 0.499 e. The fourth-order valence-corrected chi connectivity index (χ4v) is 0.481. The Balaban J connectivity index is 3.07. The minimum Gasteiger partial charge on any atom is -0.499 e. The Morgan fingerprint density at radius 2 is 2.30 bits per heavy atom. The predicted molar refractivity (Wildman–Crippen MR) is 38.6 cm³/mol. The monoisotopic (exact) mass is 146 g/mol. The van der Waals surface area contributed by atoms with E-state index in [1.165, 1.54) is 6.26 Å². The third kappa shape index (κ3) is 5.59. The van der Waals surface area contributed by atoms with Crippen molar-refractivity contribution in [1.82, 2.24) is 0 Å². The maximum atomic E-state index is 9.01. The Labute approximate surface area is 61.3 Å². The van der Waals surface area contributed by atoms with Crippen LogP contribution in [0.4, 0.5) is 0 Å². The second kappa shape index (κ2) is 6.58. The fourth-order valence-electron chi connectivity index (χ4n) is 0.481. The molecule has 0 aliphatic rings. The molecule has 0 aromatic carbocycles. The van der Waals surface area contributed by atoms with E-state index >= 15 is 0 Å². The molecule has 0 radical (unpaired) electrons. The van der Waals surface area contributed by atoms with E-state index in [0.29, 0.717) is 13.2 Å². The smallest absolute Gasteiger partial charge is 0.115 e. The summed E-state index contributed by atoms with van der Waals surface area (Å²) in [4.78, 5) is 0.